The fourth-order valence-electron chi connectivity index (χ4n) is 3.24. The van der Waals surface area contributed by atoms with Crippen molar-refractivity contribution in [3.8, 4) is 5.88 Å². The summed E-state index contributed by atoms with van der Waals surface area (Å²) in [5.74, 6) is 0.871. The van der Waals surface area contributed by atoms with E-state index in [4.69, 9.17) is 4.74 Å². The lowest BCUT2D eigenvalue weighted by Gasteiger charge is -2.37. The summed E-state index contributed by atoms with van der Waals surface area (Å²) in [6.45, 7) is 1.04. The number of aromatic nitrogens is 4. The van der Waals surface area contributed by atoms with Gasteiger partial charge in [0, 0.05) is 43.3 Å². The second-order valence-corrected chi connectivity index (χ2v) is 7.24. The third-order valence-corrected chi connectivity index (χ3v) is 5.32. The molecule has 0 aliphatic carbocycles. The molecule has 3 aromatic rings. The molecule has 4 rings (SSSR count). The Hall–Kier alpha value is -2.72. The Morgan fingerprint density at radius 3 is 3.11 bits per heavy atom. The Kier molecular flexibility index (Phi) is 4.90. The van der Waals surface area contributed by atoms with Crippen LogP contribution in [0.15, 0.2) is 30.2 Å². The molecule has 10 heteroatoms. The molecule has 0 spiro atoms. The number of rotatable bonds is 5. The summed E-state index contributed by atoms with van der Waals surface area (Å²) in [5.41, 5.74) is 0.706. The zero-order valence-corrected chi connectivity index (χ0v) is 15.6. The molecule has 0 aromatic carbocycles. The van der Waals surface area contributed by atoms with E-state index in [0.717, 1.165) is 4.96 Å². The number of piperidine rings is 1. The first-order chi connectivity index (χ1) is 13.1. The number of carbonyl (C=O) groups excluding carboxylic acids is 1. The summed E-state index contributed by atoms with van der Waals surface area (Å²) in [6.07, 6.45) is 7.00. The van der Waals surface area contributed by atoms with Crippen LogP contribution in [0, 0.1) is 0 Å². The highest BCUT2D eigenvalue weighted by molar-refractivity contribution is 7.15. The van der Waals surface area contributed by atoms with Crippen LogP contribution in [-0.4, -0.2) is 62.7 Å². The highest BCUT2D eigenvalue weighted by atomic mass is 32.1. The van der Waals surface area contributed by atoms with Crippen molar-refractivity contribution in [3.63, 3.8) is 0 Å². The third kappa shape index (κ3) is 3.71. The van der Waals surface area contributed by atoms with E-state index in [1.807, 2.05) is 27.1 Å². The topological polar surface area (TPSA) is 105 Å². The number of methoxy groups -OCH3 is 1. The molecule has 1 aliphatic rings. The van der Waals surface area contributed by atoms with Gasteiger partial charge >= 0.3 is 0 Å². The minimum Gasteiger partial charge on any atom is -0.478 e. The molecular weight excluding hydrogens is 368 g/mol. The lowest BCUT2D eigenvalue weighted by atomic mass is 10.0. The van der Waals surface area contributed by atoms with Gasteiger partial charge < -0.3 is 20.1 Å². The Morgan fingerprint density at radius 2 is 2.30 bits per heavy atom. The van der Waals surface area contributed by atoms with E-state index < -0.39 is 12.1 Å². The van der Waals surface area contributed by atoms with Gasteiger partial charge in [-0.1, -0.05) is 0 Å². The van der Waals surface area contributed by atoms with Crippen LogP contribution in [0.2, 0.25) is 0 Å². The number of hydrogen-bond donors (Lipinski definition) is 2. The SMILES string of the molecule is COc1nccnc1N1CC[C@H](O)[C@H](NC(=O)Cc2cn3ccsc3n2)C1. The average molecular weight is 388 g/mol. The predicted octanol–water partition coefficient (Wildman–Crippen LogP) is 0.493. The number of thiazole rings is 1. The van der Waals surface area contributed by atoms with Crippen LogP contribution in [-0.2, 0) is 11.2 Å². The van der Waals surface area contributed by atoms with E-state index in [2.05, 4.69) is 20.3 Å². The van der Waals surface area contributed by atoms with Gasteiger partial charge in [-0.3, -0.25) is 9.20 Å². The van der Waals surface area contributed by atoms with Gasteiger partial charge in [0.25, 0.3) is 5.88 Å². The number of hydrogen-bond acceptors (Lipinski definition) is 8. The lowest BCUT2D eigenvalue weighted by Crippen LogP contribution is -2.55. The Bertz CT molecular complexity index is 913. The standard InChI is InChI=1S/C17H20N6O3S/c1-26-16-15(18-3-4-19-16)22-5-2-13(24)12(10-22)21-14(25)8-11-9-23-6-7-27-17(23)20-11/h3-4,6-7,9,12-13,24H,2,5,8,10H2,1H3,(H,21,25)/t12-,13+/m1/s1. The average Bonchev–Trinajstić information content (AvgIpc) is 3.25. The smallest absolute Gasteiger partial charge is 0.257 e. The number of amides is 1. The molecular formula is C17H20N6O3S. The van der Waals surface area contributed by atoms with Crippen molar-refractivity contribution in [2.24, 2.45) is 0 Å². The maximum Gasteiger partial charge on any atom is 0.257 e. The number of imidazole rings is 1. The molecule has 1 fully saturated rings. The summed E-state index contributed by atoms with van der Waals surface area (Å²) in [6, 6.07) is -0.401. The molecule has 0 bridgehead atoms. The largest absolute Gasteiger partial charge is 0.478 e. The van der Waals surface area contributed by atoms with Gasteiger partial charge in [-0.2, -0.15) is 0 Å². The van der Waals surface area contributed by atoms with Gasteiger partial charge in [0.1, 0.15) is 0 Å². The minimum absolute atomic E-state index is 0.169. The summed E-state index contributed by atoms with van der Waals surface area (Å²) < 4.78 is 7.16. The Balaban J connectivity index is 1.42. The molecule has 9 nitrogen and oxygen atoms in total. The van der Waals surface area contributed by atoms with E-state index in [0.29, 0.717) is 36.9 Å². The second-order valence-electron chi connectivity index (χ2n) is 6.37. The molecule has 27 heavy (non-hydrogen) atoms. The van der Waals surface area contributed by atoms with E-state index in [-0.39, 0.29) is 12.3 Å². The Morgan fingerprint density at radius 1 is 1.44 bits per heavy atom. The molecule has 1 amide bonds. The minimum atomic E-state index is -0.613. The van der Waals surface area contributed by atoms with Crippen LogP contribution in [0.25, 0.3) is 4.96 Å². The number of ether oxygens (including phenoxy) is 1. The summed E-state index contributed by atoms with van der Waals surface area (Å²) in [7, 11) is 1.54. The second kappa shape index (κ2) is 7.49. The monoisotopic (exact) mass is 388 g/mol. The van der Waals surface area contributed by atoms with Crippen molar-refractivity contribution in [3.05, 3.63) is 35.9 Å². The predicted molar refractivity (Wildman–Crippen MR) is 100 cm³/mol. The Labute approximate surface area is 159 Å². The zero-order chi connectivity index (χ0) is 18.8. The summed E-state index contributed by atoms with van der Waals surface area (Å²) in [5, 5.41) is 15.2. The van der Waals surface area contributed by atoms with E-state index >= 15 is 0 Å². The van der Waals surface area contributed by atoms with Crippen LogP contribution >= 0.6 is 11.3 Å². The molecule has 2 atom stereocenters. The quantitative estimate of drug-likeness (QED) is 0.655. The van der Waals surface area contributed by atoms with Gasteiger partial charge in [-0.15, -0.1) is 11.3 Å². The lowest BCUT2D eigenvalue weighted by molar-refractivity contribution is -0.122. The van der Waals surface area contributed by atoms with Crippen molar-refractivity contribution in [2.45, 2.75) is 25.0 Å². The number of carbonyl (C=O) groups is 1. The number of nitrogens with zero attached hydrogens (tertiary/aromatic N) is 5. The summed E-state index contributed by atoms with van der Waals surface area (Å²) in [4.78, 5) is 28.2. The van der Waals surface area contributed by atoms with E-state index in [9.17, 15) is 9.90 Å². The van der Waals surface area contributed by atoms with Crippen molar-refractivity contribution in [1.29, 1.82) is 0 Å². The van der Waals surface area contributed by atoms with Gasteiger partial charge in [0.2, 0.25) is 5.91 Å². The van der Waals surface area contributed by atoms with Crippen molar-refractivity contribution < 1.29 is 14.6 Å². The third-order valence-electron chi connectivity index (χ3n) is 4.55. The van der Waals surface area contributed by atoms with Gasteiger partial charge in [0.05, 0.1) is 31.4 Å². The molecule has 4 heterocycles. The molecule has 142 valence electrons. The molecule has 0 saturated carbocycles. The number of fused-ring (bicyclic) bond motifs is 1. The first-order valence-corrected chi connectivity index (χ1v) is 9.50. The van der Waals surface area contributed by atoms with E-state index in [1.54, 1.807) is 19.5 Å². The normalized spacial score (nSPS) is 20.0. The number of aliphatic hydroxyl groups excluding tert-OH is 1. The van der Waals surface area contributed by atoms with Crippen LogP contribution in [0.1, 0.15) is 12.1 Å². The first-order valence-electron chi connectivity index (χ1n) is 8.62. The maximum absolute atomic E-state index is 12.5. The van der Waals surface area contributed by atoms with Crippen LogP contribution < -0.4 is 15.0 Å². The van der Waals surface area contributed by atoms with Crippen molar-refractivity contribution >= 4 is 28.0 Å². The molecule has 2 N–H and O–H groups in total. The van der Waals surface area contributed by atoms with Crippen LogP contribution in [0.4, 0.5) is 5.82 Å². The van der Waals surface area contributed by atoms with Crippen molar-refractivity contribution in [2.75, 3.05) is 25.1 Å². The highest BCUT2D eigenvalue weighted by Crippen LogP contribution is 2.25. The molecule has 1 saturated heterocycles. The van der Waals surface area contributed by atoms with Crippen molar-refractivity contribution in [1.82, 2.24) is 24.7 Å². The molecule has 0 unspecified atom stereocenters. The van der Waals surface area contributed by atoms with Gasteiger partial charge in [0.15, 0.2) is 10.8 Å². The molecule has 3 aromatic heterocycles. The first kappa shape index (κ1) is 17.7. The highest BCUT2D eigenvalue weighted by Gasteiger charge is 2.31. The fraction of sp³-hybridized carbons (Fsp3) is 0.412. The van der Waals surface area contributed by atoms with Gasteiger partial charge in [-0.25, -0.2) is 15.0 Å². The molecule has 1 aliphatic heterocycles. The van der Waals surface area contributed by atoms with E-state index in [1.165, 1.54) is 11.3 Å². The maximum atomic E-state index is 12.5. The van der Waals surface area contributed by atoms with Crippen LogP contribution in [0.5, 0.6) is 5.88 Å². The number of anilines is 1. The van der Waals surface area contributed by atoms with Crippen LogP contribution in [0.3, 0.4) is 0 Å². The number of aliphatic hydroxyl groups is 1. The van der Waals surface area contributed by atoms with Gasteiger partial charge in [-0.05, 0) is 6.42 Å². The number of nitrogens with one attached hydrogen (secondary N) is 1. The zero-order valence-electron chi connectivity index (χ0n) is 14.8. The summed E-state index contributed by atoms with van der Waals surface area (Å²) >= 11 is 1.52. The fourth-order valence-corrected chi connectivity index (χ4v) is 3.96. The molecule has 0 radical (unpaired) electrons.